The minimum atomic E-state index is -0.973. The molecule has 3 rings (SSSR count). The van der Waals surface area contributed by atoms with Crippen LogP contribution < -0.4 is 9.64 Å². The SMILES string of the molecule is CCOC(=O)[C@H](C)N1C(=O)S/C(=C/c2ccc(N3CCOCC3)cc2OC)C1=O. The first-order valence-electron chi connectivity index (χ1n) is 9.40. The number of carbonyl (C=O) groups excluding carboxylic acids is 3. The van der Waals surface area contributed by atoms with E-state index in [9.17, 15) is 14.4 Å². The number of ether oxygens (including phenoxy) is 3. The molecule has 1 atom stereocenters. The molecule has 0 aliphatic carbocycles. The van der Waals surface area contributed by atoms with E-state index in [4.69, 9.17) is 14.2 Å². The van der Waals surface area contributed by atoms with Crippen LogP contribution in [0.3, 0.4) is 0 Å². The van der Waals surface area contributed by atoms with Crippen molar-refractivity contribution in [3.63, 3.8) is 0 Å². The van der Waals surface area contributed by atoms with Gasteiger partial charge in [0, 0.05) is 30.4 Å². The molecule has 156 valence electrons. The van der Waals surface area contributed by atoms with Crippen LogP contribution in [0.25, 0.3) is 6.08 Å². The standard InChI is InChI=1S/C20H24N2O6S/c1-4-28-19(24)13(2)22-18(23)17(29-20(22)25)11-14-5-6-15(12-16(14)26-3)21-7-9-27-10-8-21/h5-6,11-13H,4,7-10H2,1-3H3/b17-11+/t13-/m0/s1. The fourth-order valence-electron chi connectivity index (χ4n) is 3.16. The summed E-state index contributed by atoms with van der Waals surface area (Å²) in [6, 6.07) is 4.74. The smallest absolute Gasteiger partial charge is 0.329 e. The highest BCUT2D eigenvalue weighted by Gasteiger charge is 2.41. The van der Waals surface area contributed by atoms with E-state index in [2.05, 4.69) is 4.90 Å². The van der Waals surface area contributed by atoms with Gasteiger partial charge in [-0.3, -0.25) is 14.5 Å². The van der Waals surface area contributed by atoms with Crippen molar-refractivity contribution in [2.45, 2.75) is 19.9 Å². The number of anilines is 1. The maximum atomic E-state index is 12.7. The van der Waals surface area contributed by atoms with E-state index in [0.717, 1.165) is 35.4 Å². The Morgan fingerprint density at radius 1 is 1.31 bits per heavy atom. The average molecular weight is 420 g/mol. The summed E-state index contributed by atoms with van der Waals surface area (Å²) in [5.41, 5.74) is 1.69. The number of rotatable bonds is 6. The Balaban J connectivity index is 1.83. The average Bonchev–Trinajstić information content (AvgIpc) is 3.01. The van der Waals surface area contributed by atoms with Crippen LogP contribution in [0.4, 0.5) is 10.5 Å². The number of carbonyl (C=O) groups is 3. The van der Waals surface area contributed by atoms with E-state index in [1.54, 1.807) is 20.1 Å². The zero-order chi connectivity index (χ0) is 21.0. The summed E-state index contributed by atoms with van der Waals surface area (Å²) in [5.74, 6) is -0.525. The summed E-state index contributed by atoms with van der Waals surface area (Å²) >= 11 is 0.800. The fourth-order valence-corrected chi connectivity index (χ4v) is 4.06. The Hall–Kier alpha value is -2.52. The first-order valence-corrected chi connectivity index (χ1v) is 10.2. The minimum Gasteiger partial charge on any atom is -0.496 e. The number of imide groups is 1. The molecule has 2 fully saturated rings. The lowest BCUT2D eigenvalue weighted by atomic mass is 10.1. The molecule has 0 N–H and O–H groups in total. The minimum absolute atomic E-state index is 0.182. The van der Waals surface area contributed by atoms with Gasteiger partial charge in [-0.05, 0) is 43.8 Å². The van der Waals surface area contributed by atoms with Gasteiger partial charge in [0.25, 0.3) is 11.1 Å². The van der Waals surface area contributed by atoms with Gasteiger partial charge in [-0.25, -0.2) is 4.79 Å². The summed E-state index contributed by atoms with van der Waals surface area (Å²) in [4.78, 5) is 40.4. The van der Waals surface area contributed by atoms with Crippen LogP contribution in [0.15, 0.2) is 23.1 Å². The van der Waals surface area contributed by atoms with Crippen molar-refractivity contribution < 1.29 is 28.6 Å². The normalized spacial score (nSPS) is 19.6. The highest BCUT2D eigenvalue weighted by Crippen LogP contribution is 2.36. The summed E-state index contributed by atoms with van der Waals surface area (Å²) in [6.45, 7) is 6.29. The Kier molecular flexibility index (Phi) is 6.81. The Morgan fingerprint density at radius 3 is 2.69 bits per heavy atom. The molecule has 0 spiro atoms. The summed E-state index contributed by atoms with van der Waals surface area (Å²) in [7, 11) is 1.56. The Bertz CT molecular complexity index is 834. The van der Waals surface area contributed by atoms with E-state index >= 15 is 0 Å². The Morgan fingerprint density at radius 2 is 2.03 bits per heavy atom. The number of nitrogens with zero attached hydrogens (tertiary/aromatic N) is 2. The van der Waals surface area contributed by atoms with Crippen LogP contribution in [0.2, 0.25) is 0 Å². The van der Waals surface area contributed by atoms with Crippen molar-refractivity contribution in [3.05, 3.63) is 28.7 Å². The monoisotopic (exact) mass is 420 g/mol. The zero-order valence-corrected chi connectivity index (χ0v) is 17.5. The van der Waals surface area contributed by atoms with Gasteiger partial charge < -0.3 is 19.1 Å². The number of esters is 1. The van der Waals surface area contributed by atoms with E-state index in [-0.39, 0.29) is 11.5 Å². The van der Waals surface area contributed by atoms with Crippen LogP contribution in [-0.4, -0.2) is 68.1 Å². The molecule has 9 heteroatoms. The van der Waals surface area contributed by atoms with Crippen molar-refractivity contribution in [3.8, 4) is 5.75 Å². The van der Waals surface area contributed by atoms with Crippen molar-refractivity contribution in [2.24, 2.45) is 0 Å². The van der Waals surface area contributed by atoms with Gasteiger partial charge in [0.15, 0.2) is 0 Å². The lowest BCUT2D eigenvalue weighted by molar-refractivity contribution is -0.150. The van der Waals surface area contributed by atoms with Gasteiger partial charge in [0.1, 0.15) is 11.8 Å². The number of methoxy groups -OCH3 is 1. The molecule has 8 nitrogen and oxygen atoms in total. The molecule has 2 heterocycles. The van der Waals surface area contributed by atoms with Crippen LogP contribution in [0.5, 0.6) is 5.75 Å². The second-order valence-corrected chi connectivity index (χ2v) is 7.50. The van der Waals surface area contributed by atoms with E-state index in [1.807, 2.05) is 18.2 Å². The topological polar surface area (TPSA) is 85.4 Å². The maximum absolute atomic E-state index is 12.7. The van der Waals surface area contributed by atoms with Crippen LogP contribution in [0.1, 0.15) is 19.4 Å². The molecule has 0 bridgehead atoms. The second kappa shape index (κ2) is 9.32. The number of hydrogen-bond acceptors (Lipinski definition) is 8. The summed E-state index contributed by atoms with van der Waals surface area (Å²) in [5, 5.41) is -0.495. The third-order valence-electron chi connectivity index (χ3n) is 4.72. The van der Waals surface area contributed by atoms with Gasteiger partial charge in [-0.15, -0.1) is 0 Å². The molecule has 2 amide bonds. The van der Waals surface area contributed by atoms with Crippen LogP contribution >= 0.6 is 11.8 Å². The molecule has 29 heavy (non-hydrogen) atoms. The first-order chi connectivity index (χ1) is 14.0. The lowest BCUT2D eigenvalue weighted by Crippen LogP contribution is -2.42. The fraction of sp³-hybridized carbons (Fsp3) is 0.450. The van der Waals surface area contributed by atoms with Crippen molar-refractivity contribution in [1.82, 2.24) is 4.90 Å². The van der Waals surface area contributed by atoms with Gasteiger partial charge >= 0.3 is 5.97 Å². The number of hydrogen-bond donors (Lipinski definition) is 0. The molecular formula is C20H24N2O6S. The maximum Gasteiger partial charge on any atom is 0.329 e. The lowest BCUT2D eigenvalue weighted by Gasteiger charge is -2.29. The highest BCUT2D eigenvalue weighted by molar-refractivity contribution is 8.18. The number of amides is 2. The van der Waals surface area contributed by atoms with Crippen molar-refractivity contribution in [2.75, 3.05) is 44.9 Å². The highest BCUT2D eigenvalue weighted by atomic mass is 32.2. The third kappa shape index (κ3) is 4.56. The zero-order valence-electron chi connectivity index (χ0n) is 16.7. The van der Waals surface area contributed by atoms with E-state index in [0.29, 0.717) is 24.5 Å². The van der Waals surface area contributed by atoms with Gasteiger partial charge in [0.2, 0.25) is 0 Å². The first kappa shape index (κ1) is 21.2. The largest absolute Gasteiger partial charge is 0.496 e. The molecule has 1 aromatic rings. The molecule has 2 aliphatic heterocycles. The number of morpholine rings is 1. The van der Waals surface area contributed by atoms with Crippen LogP contribution in [0, 0.1) is 0 Å². The van der Waals surface area contributed by atoms with Gasteiger partial charge in [0.05, 0.1) is 31.8 Å². The summed E-state index contributed by atoms with van der Waals surface area (Å²) in [6.07, 6.45) is 1.62. The van der Waals surface area contributed by atoms with E-state index in [1.165, 1.54) is 6.92 Å². The molecule has 2 saturated heterocycles. The van der Waals surface area contributed by atoms with Gasteiger partial charge in [-0.1, -0.05) is 0 Å². The van der Waals surface area contributed by atoms with Crippen molar-refractivity contribution >= 4 is 40.6 Å². The predicted octanol–water partition coefficient (Wildman–Crippen LogP) is 2.52. The second-order valence-electron chi connectivity index (χ2n) is 6.51. The van der Waals surface area contributed by atoms with Crippen LogP contribution in [-0.2, 0) is 19.1 Å². The predicted molar refractivity (Wildman–Crippen MR) is 110 cm³/mol. The quantitative estimate of drug-likeness (QED) is 0.513. The molecule has 2 aliphatic rings. The Labute approximate surface area is 173 Å². The molecule has 0 aromatic heterocycles. The number of thioether (sulfide) groups is 1. The van der Waals surface area contributed by atoms with Crippen molar-refractivity contribution in [1.29, 1.82) is 0 Å². The van der Waals surface area contributed by atoms with E-state index < -0.39 is 23.2 Å². The third-order valence-corrected chi connectivity index (χ3v) is 5.60. The molecule has 0 unspecified atom stereocenters. The molecular weight excluding hydrogens is 396 g/mol. The van der Waals surface area contributed by atoms with Gasteiger partial charge in [-0.2, -0.15) is 0 Å². The molecule has 0 radical (unpaired) electrons. The number of benzene rings is 1. The molecule has 0 saturated carbocycles. The molecule has 1 aromatic carbocycles. The summed E-state index contributed by atoms with van der Waals surface area (Å²) < 4.78 is 15.8.